The number of hydrogen-bond acceptors (Lipinski definition) is 2. The van der Waals surface area contributed by atoms with Gasteiger partial charge in [0.2, 0.25) is 0 Å². The summed E-state index contributed by atoms with van der Waals surface area (Å²) >= 11 is 5.34. The van der Waals surface area contributed by atoms with E-state index < -0.39 is 0 Å². The van der Waals surface area contributed by atoms with Crippen LogP contribution in [0.4, 0.5) is 0 Å². The normalized spacial score (nSPS) is 20.2. The van der Waals surface area contributed by atoms with E-state index in [1.165, 1.54) is 12.2 Å². The molecular weight excluding hydrogens is 300 g/mol. The molecule has 2 heterocycles. The summed E-state index contributed by atoms with van der Waals surface area (Å²) in [6, 6.07) is 2.22. The lowest BCUT2D eigenvalue weighted by atomic mass is 10.2. The summed E-state index contributed by atoms with van der Waals surface area (Å²) in [4.78, 5) is 12.1. The molecule has 0 spiro atoms. The van der Waals surface area contributed by atoms with Gasteiger partial charge in [-0.2, -0.15) is 11.8 Å². The Labute approximate surface area is 114 Å². The first-order valence-corrected chi connectivity index (χ1v) is 7.89. The number of thioether (sulfide) groups is 1. The molecule has 1 aliphatic rings. The van der Waals surface area contributed by atoms with Crippen LogP contribution in [0.25, 0.3) is 0 Å². The van der Waals surface area contributed by atoms with Crippen molar-refractivity contribution in [2.45, 2.75) is 32.4 Å². The first-order chi connectivity index (χ1) is 8.20. The molecule has 1 atom stereocenters. The lowest BCUT2D eigenvalue weighted by Crippen LogP contribution is -2.39. The van der Waals surface area contributed by atoms with E-state index in [4.69, 9.17) is 0 Å². The molecule has 2 rings (SSSR count). The van der Waals surface area contributed by atoms with E-state index in [1.54, 1.807) is 0 Å². The third-order valence-corrected chi connectivity index (χ3v) is 4.58. The van der Waals surface area contributed by atoms with Gasteiger partial charge in [0.25, 0.3) is 5.91 Å². The molecule has 1 fully saturated rings. The van der Waals surface area contributed by atoms with Crippen LogP contribution in [0.5, 0.6) is 0 Å². The van der Waals surface area contributed by atoms with Crippen LogP contribution in [-0.2, 0) is 6.54 Å². The Hall–Kier alpha value is -0.420. The Morgan fingerprint density at radius 1 is 1.71 bits per heavy atom. The smallest absolute Gasteiger partial charge is 0.268 e. The number of nitrogens with one attached hydrogen (secondary N) is 1. The van der Waals surface area contributed by atoms with Crippen molar-refractivity contribution in [1.82, 2.24) is 9.88 Å². The monoisotopic (exact) mass is 316 g/mol. The van der Waals surface area contributed by atoms with Gasteiger partial charge >= 0.3 is 0 Å². The molecule has 0 bridgehead atoms. The molecule has 94 valence electrons. The molecule has 0 aliphatic carbocycles. The van der Waals surface area contributed by atoms with Crippen molar-refractivity contribution >= 4 is 33.6 Å². The number of nitrogens with zero attached hydrogens (tertiary/aromatic N) is 1. The third-order valence-electron chi connectivity index (χ3n) is 2.93. The van der Waals surface area contributed by atoms with Crippen molar-refractivity contribution in [3.05, 3.63) is 22.4 Å². The Morgan fingerprint density at radius 3 is 3.18 bits per heavy atom. The Balaban J connectivity index is 2.02. The highest BCUT2D eigenvalue weighted by Gasteiger charge is 2.19. The predicted octanol–water partition coefficient (Wildman–Crippen LogP) is 2.90. The van der Waals surface area contributed by atoms with E-state index in [-0.39, 0.29) is 5.91 Å². The minimum absolute atomic E-state index is 0.0463. The molecule has 1 N–H and O–H groups in total. The highest BCUT2D eigenvalue weighted by Crippen LogP contribution is 2.19. The first kappa shape index (κ1) is 13.0. The Kier molecular flexibility index (Phi) is 4.56. The topological polar surface area (TPSA) is 34.0 Å². The van der Waals surface area contributed by atoms with Gasteiger partial charge in [-0.3, -0.25) is 4.79 Å². The Bertz CT molecular complexity index is 399. The summed E-state index contributed by atoms with van der Waals surface area (Å²) in [5.41, 5.74) is 0.745. The van der Waals surface area contributed by atoms with Gasteiger partial charge in [-0.1, -0.05) is 0 Å². The average molecular weight is 317 g/mol. The molecule has 17 heavy (non-hydrogen) atoms. The summed E-state index contributed by atoms with van der Waals surface area (Å²) in [6.07, 6.45) is 4.26. The molecule has 0 aromatic carbocycles. The van der Waals surface area contributed by atoms with E-state index in [0.29, 0.717) is 6.04 Å². The lowest BCUT2D eigenvalue weighted by Gasteiger charge is -2.22. The second-order valence-electron chi connectivity index (χ2n) is 4.22. The van der Waals surface area contributed by atoms with Crippen LogP contribution in [-0.4, -0.2) is 28.0 Å². The summed E-state index contributed by atoms with van der Waals surface area (Å²) in [6.45, 7) is 2.85. The van der Waals surface area contributed by atoms with Gasteiger partial charge in [0.15, 0.2) is 0 Å². The van der Waals surface area contributed by atoms with Crippen molar-refractivity contribution in [2.75, 3.05) is 11.5 Å². The van der Waals surface area contributed by atoms with Crippen molar-refractivity contribution in [3.63, 3.8) is 0 Å². The highest BCUT2D eigenvalue weighted by atomic mass is 79.9. The Morgan fingerprint density at radius 2 is 2.53 bits per heavy atom. The summed E-state index contributed by atoms with van der Waals surface area (Å²) in [7, 11) is 0. The maximum Gasteiger partial charge on any atom is 0.268 e. The number of amides is 1. The van der Waals surface area contributed by atoms with Crippen molar-refractivity contribution < 1.29 is 4.79 Å². The van der Waals surface area contributed by atoms with Crippen LogP contribution in [0.2, 0.25) is 0 Å². The van der Waals surface area contributed by atoms with E-state index >= 15 is 0 Å². The standard InChI is InChI=1S/C12H17BrN2OS/c1-2-15-7-9(13)6-11(15)12(16)14-10-4-3-5-17-8-10/h6-7,10H,2-5,8H2,1H3,(H,14,16). The summed E-state index contributed by atoms with van der Waals surface area (Å²) < 4.78 is 2.93. The average Bonchev–Trinajstić information content (AvgIpc) is 2.72. The van der Waals surface area contributed by atoms with Gasteiger partial charge in [0.1, 0.15) is 5.69 Å². The van der Waals surface area contributed by atoms with Gasteiger partial charge in [0, 0.05) is 29.0 Å². The number of aryl methyl sites for hydroxylation is 1. The fourth-order valence-corrected chi connectivity index (χ4v) is 3.58. The van der Waals surface area contributed by atoms with Gasteiger partial charge in [-0.05, 0) is 47.5 Å². The molecule has 1 aromatic heterocycles. The zero-order valence-electron chi connectivity index (χ0n) is 9.91. The summed E-state index contributed by atoms with van der Waals surface area (Å²) in [5, 5.41) is 3.12. The number of carbonyl (C=O) groups excluding carboxylic acids is 1. The van der Waals surface area contributed by atoms with Crippen LogP contribution in [0, 0.1) is 0 Å². The predicted molar refractivity (Wildman–Crippen MR) is 75.6 cm³/mol. The van der Waals surface area contributed by atoms with Crippen LogP contribution in [0.15, 0.2) is 16.7 Å². The minimum atomic E-state index is 0.0463. The maximum atomic E-state index is 12.1. The number of carbonyl (C=O) groups is 1. The first-order valence-electron chi connectivity index (χ1n) is 5.95. The van der Waals surface area contributed by atoms with Crippen molar-refractivity contribution in [2.24, 2.45) is 0 Å². The number of halogens is 1. The molecule has 1 aromatic rings. The summed E-state index contributed by atoms with van der Waals surface area (Å²) in [5.74, 6) is 2.31. The van der Waals surface area contributed by atoms with Gasteiger partial charge in [-0.15, -0.1) is 0 Å². The maximum absolute atomic E-state index is 12.1. The second-order valence-corrected chi connectivity index (χ2v) is 6.28. The van der Waals surface area contributed by atoms with Gasteiger partial charge < -0.3 is 9.88 Å². The molecular formula is C12H17BrN2OS. The molecule has 0 radical (unpaired) electrons. The molecule has 1 amide bonds. The molecule has 0 saturated carbocycles. The number of hydrogen-bond donors (Lipinski definition) is 1. The molecule has 1 saturated heterocycles. The zero-order valence-corrected chi connectivity index (χ0v) is 12.3. The third kappa shape index (κ3) is 3.28. The van der Waals surface area contributed by atoms with Gasteiger partial charge in [-0.25, -0.2) is 0 Å². The van der Waals surface area contributed by atoms with Crippen LogP contribution < -0.4 is 5.32 Å². The number of aromatic nitrogens is 1. The quantitative estimate of drug-likeness (QED) is 0.930. The molecule has 1 unspecified atom stereocenters. The van der Waals surface area contributed by atoms with Crippen LogP contribution in [0.3, 0.4) is 0 Å². The molecule has 3 nitrogen and oxygen atoms in total. The SMILES string of the molecule is CCn1cc(Br)cc1C(=O)NC1CCCSC1. The lowest BCUT2D eigenvalue weighted by molar-refractivity contribution is 0.0929. The highest BCUT2D eigenvalue weighted by molar-refractivity contribution is 9.10. The van der Waals surface area contributed by atoms with E-state index in [1.807, 2.05) is 35.5 Å². The minimum Gasteiger partial charge on any atom is -0.347 e. The van der Waals surface area contributed by atoms with Crippen molar-refractivity contribution in [1.29, 1.82) is 0 Å². The van der Waals surface area contributed by atoms with Crippen LogP contribution >= 0.6 is 27.7 Å². The van der Waals surface area contributed by atoms with E-state index in [0.717, 1.165) is 28.9 Å². The molecule has 1 aliphatic heterocycles. The largest absolute Gasteiger partial charge is 0.347 e. The fraction of sp³-hybridized carbons (Fsp3) is 0.583. The van der Waals surface area contributed by atoms with E-state index in [2.05, 4.69) is 21.2 Å². The second kappa shape index (κ2) is 5.96. The van der Waals surface area contributed by atoms with E-state index in [9.17, 15) is 4.79 Å². The van der Waals surface area contributed by atoms with Gasteiger partial charge in [0.05, 0.1) is 0 Å². The molecule has 5 heteroatoms. The number of rotatable bonds is 3. The van der Waals surface area contributed by atoms with Crippen molar-refractivity contribution in [3.8, 4) is 0 Å². The van der Waals surface area contributed by atoms with Crippen LogP contribution in [0.1, 0.15) is 30.3 Å². The zero-order chi connectivity index (χ0) is 12.3. The fourth-order valence-electron chi connectivity index (χ4n) is 2.04.